The van der Waals surface area contributed by atoms with Crippen molar-refractivity contribution in [1.29, 1.82) is 0 Å². The van der Waals surface area contributed by atoms with Crippen LogP contribution in [0.15, 0.2) is 36.4 Å². The van der Waals surface area contributed by atoms with Gasteiger partial charge in [-0.3, -0.25) is 4.57 Å². The monoisotopic (exact) mass is 295 g/mol. The maximum absolute atomic E-state index is 13.9. The Morgan fingerprint density at radius 2 is 1.95 bits per heavy atom. The van der Waals surface area contributed by atoms with Crippen LogP contribution in [0.25, 0.3) is 16.7 Å². The molecule has 0 unspecified atom stereocenters. The zero-order chi connectivity index (χ0) is 13.6. The van der Waals surface area contributed by atoms with Crippen molar-refractivity contribution < 1.29 is 4.39 Å². The summed E-state index contributed by atoms with van der Waals surface area (Å²) in [5.41, 5.74) is 7.26. The molecule has 2 N–H and O–H groups in total. The molecular weight excluding hydrogens is 288 g/mol. The Labute approximate surface area is 118 Å². The van der Waals surface area contributed by atoms with Crippen molar-refractivity contribution in [2.24, 2.45) is 0 Å². The summed E-state index contributed by atoms with van der Waals surface area (Å²) in [7, 11) is 0. The lowest BCUT2D eigenvalue weighted by Crippen LogP contribution is -2.02. The van der Waals surface area contributed by atoms with Crippen LogP contribution in [0.2, 0.25) is 10.0 Å². The van der Waals surface area contributed by atoms with Gasteiger partial charge in [-0.15, -0.1) is 0 Å². The molecule has 6 heteroatoms. The maximum atomic E-state index is 13.9. The van der Waals surface area contributed by atoms with E-state index >= 15 is 0 Å². The molecule has 0 aliphatic carbocycles. The summed E-state index contributed by atoms with van der Waals surface area (Å²) in [5, 5.41) is 0.880. The second-order valence-electron chi connectivity index (χ2n) is 4.01. The van der Waals surface area contributed by atoms with Gasteiger partial charge < -0.3 is 5.73 Å². The summed E-state index contributed by atoms with van der Waals surface area (Å²) >= 11 is 12.0. The maximum Gasteiger partial charge on any atom is 0.206 e. The second kappa shape index (κ2) is 4.40. The molecule has 2 aromatic carbocycles. The summed E-state index contributed by atoms with van der Waals surface area (Å²) in [5.74, 6) is -0.278. The van der Waals surface area contributed by atoms with Crippen molar-refractivity contribution in [1.82, 2.24) is 9.55 Å². The highest BCUT2D eigenvalue weighted by atomic mass is 35.5. The molecule has 1 heterocycles. The highest BCUT2D eigenvalue weighted by molar-refractivity contribution is 6.35. The van der Waals surface area contributed by atoms with Gasteiger partial charge in [0.05, 0.1) is 16.2 Å². The Kier molecular flexibility index (Phi) is 2.84. The Hall–Kier alpha value is -1.78. The minimum Gasteiger partial charge on any atom is -0.369 e. The summed E-state index contributed by atoms with van der Waals surface area (Å²) in [6.07, 6.45) is 0. The van der Waals surface area contributed by atoms with Gasteiger partial charge in [0.1, 0.15) is 11.3 Å². The minimum absolute atomic E-state index is 0.157. The molecule has 0 fully saturated rings. The third-order valence-corrected chi connectivity index (χ3v) is 3.35. The molecule has 0 radical (unpaired) electrons. The van der Waals surface area contributed by atoms with Crippen LogP contribution in [0.1, 0.15) is 0 Å². The lowest BCUT2D eigenvalue weighted by molar-refractivity contribution is 0.620. The van der Waals surface area contributed by atoms with Gasteiger partial charge in [0, 0.05) is 5.02 Å². The SMILES string of the molecule is Nc1nc2c(Cl)cccc2n1-c1cc(Cl)ccc1F. The largest absolute Gasteiger partial charge is 0.369 e. The molecule has 0 saturated heterocycles. The first-order valence-electron chi connectivity index (χ1n) is 5.46. The van der Waals surface area contributed by atoms with Crippen LogP contribution in [-0.2, 0) is 0 Å². The number of halogens is 3. The van der Waals surface area contributed by atoms with Crippen molar-refractivity contribution in [2.45, 2.75) is 0 Å². The molecule has 19 heavy (non-hydrogen) atoms. The Bertz CT molecular complexity index is 783. The number of benzene rings is 2. The van der Waals surface area contributed by atoms with Crippen molar-refractivity contribution in [2.75, 3.05) is 5.73 Å². The fraction of sp³-hybridized carbons (Fsp3) is 0. The number of imidazole rings is 1. The third kappa shape index (κ3) is 1.93. The van der Waals surface area contributed by atoms with Crippen LogP contribution < -0.4 is 5.73 Å². The zero-order valence-electron chi connectivity index (χ0n) is 9.57. The molecule has 0 saturated carbocycles. The van der Waals surface area contributed by atoms with Crippen molar-refractivity contribution in [3.8, 4) is 5.69 Å². The molecule has 0 bridgehead atoms. The van der Waals surface area contributed by atoms with E-state index in [9.17, 15) is 4.39 Å². The Balaban J connectivity index is 2.39. The smallest absolute Gasteiger partial charge is 0.206 e. The van der Waals surface area contributed by atoms with E-state index in [2.05, 4.69) is 4.98 Å². The van der Waals surface area contributed by atoms with Gasteiger partial charge >= 0.3 is 0 Å². The molecule has 0 atom stereocenters. The number of hydrogen-bond acceptors (Lipinski definition) is 2. The molecule has 0 spiro atoms. The molecule has 0 aliphatic heterocycles. The predicted molar refractivity (Wildman–Crippen MR) is 75.5 cm³/mol. The van der Waals surface area contributed by atoms with Gasteiger partial charge in [0.2, 0.25) is 5.95 Å². The minimum atomic E-state index is -0.435. The summed E-state index contributed by atoms with van der Waals surface area (Å²) in [4.78, 5) is 4.16. The molecule has 1 aromatic heterocycles. The highest BCUT2D eigenvalue weighted by Crippen LogP contribution is 2.30. The number of aromatic nitrogens is 2. The van der Waals surface area contributed by atoms with Crippen LogP contribution in [-0.4, -0.2) is 9.55 Å². The van der Waals surface area contributed by atoms with E-state index in [1.165, 1.54) is 22.8 Å². The molecule has 96 valence electrons. The number of para-hydroxylation sites is 1. The first-order valence-corrected chi connectivity index (χ1v) is 6.21. The van der Waals surface area contributed by atoms with Crippen molar-refractivity contribution in [3.05, 3.63) is 52.3 Å². The van der Waals surface area contributed by atoms with E-state index in [0.717, 1.165) is 0 Å². The van der Waals surface area contributed by atoms with Crippen LogP contribution in [0.5, 0.6) is 0 Å². The van der Waals surface area contributed by atoms with Crippen LogP contribution in [0.4, 0.5) is 10.3 Å². The number of nitrogens with zero attached hydrogens (tertiary/aromatic N) is 2. The molecule has 0 amide bonds. The Morgan fingerprint density at radius 3 is 2.74 bits per heavy atom. The van der Waals surface area contributed by atoms with Crippen LogP contribution in [0, 0.1) is 5.82 Å². The second-order valence-corrected chi connectivity index (χ2v) is 4.85. The van der Waals surface area contributed by atoms with E-state index < -0.39 is 5.82 Å². The van der Waals surface area contributed by atoms with Crippen molar-refractivity contribution >= 4 is 40.2 Å². The summed E-state index contributed by atoms with van der Waals surface area (Å²) in [6.45, 7) is 0. The number of fused-ring (bicyclic) bond motifs is 1. The quantitative estimate of drug-likeness (QED) is 0.736. The lowest BCUT2D eigenvalue weighted by atomic mass is 10.2. The Morgan fingerprint density at radius 1 is 1.16 bits per heavy atom. The zero-order valence-corrected chi connectivity index (χ0v) is 11.1. The van der Waals surface area contributed by atoms with Gasteiger partial charge in [0.25, 0.3) is 0 Å². The van der Waals surface area contributed by atoms with Crippen molar-refractivity contribution in [3.63, 3.8) is 0 Å². The average molecular weight is 296 g/mol. The molecule has 3 aromatic rings. The number of rotatable bonds is 1. The number of anilines is 1. The van der Waals surface area contributed by atoms with Gasteiger partial charge in [-0.1, -0.05) is 29.3 Å². The standard InChI is InChI=1S/C13H8Cl2FN3/c14-7-4-5-9(16)11(6-7)19-10-3-1-2-8(15)12(10)18-13(19)17/h1-6H,(H2,17,18). The van der Waals surface area contributed by atoms with E-state index in [1.807, 2.05) is 0 Å². The van der Waals surface area contributed by atoms with Gasteiger partial charge in [-0.2, -0.15) is 0 Å². The summed E-state index contributed by atoms with van der Waals surface area (Å²) in [6, 6.07) is 9.48. The number of hydrogen-bond donors (Lipinski definition) is 1. The molecule has 0 aliphatic rings. The van der Waals surface area contributed by atoms with Crippen LogP contribution in [0.3, 0.4) is 0 Å². The van der Waals surface area contributed by atoms with Crippen LogP contribution >= 0.6 is 23.2 Å². The topological polar surface area (TPSA) is 43.8 Å². The van der Waals surface area contributed by atoms with E-state index in [0.29, 0.717) is 21.1 Å². The van der Waals surface area contributed by atoms with E-state index in [1.54, 1.807) is 18.2 Å². The molecular formula is C13H8Cl2FN3. The van der Waals surface area contributed by atoms with Gasteiger partial charge in [-0.05, 0) is 30.3 Å². The molecule has 3 nitrogen and oxygen atoms in total. The number of nitrogens with two attached hydrogens (primary N) is 1. The summed E-state index contributed by atoms with van der Waals surface area (Å²) < 4.78 is 15.4. The fourth-order valence-corrected chi connectivity index (χ4v) is 2.37. The lowest BCUT2D eigenvalue weighted by Gasteiger charge is -2.08. The average Bonchev–Trinajstić information content (AvgIpc) is 2.70. The number of nitrogen functional groups attached to an aromatic ring is 1. The molecule has 3 rings (SSSR count). The first kappa shape index (κ1) is 12.3. The van der Waals surface area contributed by atoms with E-state index in [-0.39, 0.29) is 11.6 Å². The van der Waals surface area contributed by atoms with E-state index in [4.69, 9.17) is 28.9 Å². The van der Waals surface area contributed by atoms with Gasteiger partial charge in [0.15, 0.2) is 0 Å². The first-order chi connectivity index (χ1) is 9.08. The highest BCUT2D eigenvalue weighted by Gasteiger charge is 2.15. The predicted octanol–water partition coefficient (Wildman–Crippen LogP) is 4.05. The van der Waals surface area contributed by atoms with Gasteiger partial charge in [-0.25, -0.2) is 9.37 Å². The fourth-order valence-electron chi connectivity index (χ4n) is 1.99. The normalized spacial score (nSPS) is 11.1. The third-order valence-electron chi connectivity index (χ3n) is 2.81.